The molecule has 0 unspecified atom stereocenters. The summed E-state index contributed by atoms with van der Waals surface area (Å²) in [5, 5.41) is 3.92. The van der Waals surface area contributed by atoms with E-state index >= 15 is 0 Å². The van der Waals surface area contributed by atoms with Crippen LogP contribution in [0.3, 0.4) is 0 Å². The van der Waals surface area contributed by atoms with Gasteiger partial charge in [0.1, 0.15) is 35.2 Å². The highest BCUT2D eigenvalue weighted by Gasteiger charge is 2.49. The first kappa shape index (κ1) is 23.3. The number of amides is 1. The molecule has 35 heavy (non-hydrogen) atoms. The van der Waals surface area contributed by atoms with Crippen molar-refractivity contribution in [1.82, 2.24) is 29.7 Å². The summed E-state index contributed by atoms with van der Waals surface area (Å²) in [7, 11) is 0. The van der Waals surface area contributed by atoms with Gasteiger partial charge in [0.25, 0.3) is 6.43 Å². The Kier molecular flexibility index (Phi) is 5.55. The molecule has 3 aromatic heterocycles. The van der Waals surface area contributed by atoms with Crippen molar-refractivity contribution in [3.63, 3.8) is 0 Å². The Hall–Kier alpha value is -3.45. The van der Waals surface area contributed by atoms with Gasteiger partial charge >= 0.3 is 6.18 Å². The van der Waals surface area contributed by atoms with Crippen LogP contribution in [0.15, 0.2) is 18.5 Å². The minimum Gasteiger partial charge on any atom is -0.355 e. The van der Waals surface area contributed by atoms with Crippen LogP contribution in [-0.2, 0) is 17.5 Å². The molecule has 9 nitrogen and oxygen atoms in total. The van der Waals surface area contributed by atoms with Gasteiger partial charge in [0, 0.05) is 25.7 Å². The van der Waals surface area contributed by atoms with Crippen LogP contribution in [0.1, 0.15) is 30.8 Å². The number of anilines is 2. The zero-order valence-electron chi connectivity index (χ0n) is 18.6. The normalized spacial score (nSPS) is 18.4. The number of rotatable bonds is 4. The highest BCUT2D eigenvalue weighted by Crippen LogP contribution is 2.44. The van der Waals surface area contributed by atoms with Crippen LogP contribution in [-0.4, -0.2) is 61.7 Å². The summed E-state index contributed by atoms with van der Waals surface area (Å²) in [5.41, 5.74) is -1.12. The number of nitrogens with zero attached hydrogens (tertiary/aromatic N) is 8. The second kappa shape index (κ2) is 8.34. The van der Waals surface area contributed by atoms with Gasteiger partial charge in [0.15, 0.2) is 5.65 Å². The summed E-state index contributed by atoms with van der Waals surface area (Å²) in [6, 6.07) is 0.812. The third-order valence-electron chi connectivity index (χ3n) is 6.59. The first-order chi connectivity index (χ1) is 16.6. The standard InChI is InChI=1S/C21H21F5N8O/c1-12-29-14(21(24,25)26)8-16(30-12)33-7-4-20(19(33)35)2-5-32(6-3-20)17-10-27-13-9-28-34(11-15(22)23)18(13)31-17/h8-10,15H,2-7,11H2,1H3. The number of alkyl halides is 5. The van der Waals surface area contributed by atoms with E-state index in [-0.39, 0.29) is 29.7 Å². The number of fused-ring (bicyclic) bond motifs is 1. The fourth-order valence-electron chi connectivity index (χ4n) is 4.76. The van der Waals surface area contributed by atoms with E-state index in [0.29, 0.717) is 43.7 Å². The van der Waals surface area contributed by atoms with E-state index in [1.54, 1.807) is 6.20 Å². The first-order valence-electron chi connectivity index (χ1n) is 11.0. The fourth-order valence-corrected chi connectivity index (χ4v) is 4.76. The van der Waals surface area contributed by atoms with Crippen molar-refractivity contribution in [2.75, 3.05) is 29.4 Å². The average Bonchev–Trinajstić information content (AvgIpc) is 3.34. The number of hydrogen-bond acceptors (Lipinski definition) is 7. The second-order valence-corrected chi connectivity index (χ2v) is 8.79. The highest BCUT2D eigenvalue weighted by molar-refractivity contribution is 5.99. The zero-order valence-corrected chi connectivity index (χ0v) is 18.6. The number of carbonyl (C=O) groups is 1. The molecule has 2 aliphatic rings. The quantitative estimate of drug-likeness (QED) is 0.512. The Bertz CT molecular complexity index is 1270. The van der Waals surface area contributed by atoms with Gasteiger partial charge in [0.05, 0.1) is 17.8 Å². The van der Waals surface area contributed by atoms with E-state index in [4.69, 9.17) is 0 Å². The van der Waals surface area contributed by atoms with Gasteiger partial charge in [-0.3, -0.25) is 9.69 Å². The number of hydrogen-bond donors (Lipinski definition) is 0. The average molecular weight is 496 g/mol. The van der Waals surface area contributed by atoms with E-state index in [0.717, 1.165) is 10.7 Å². The third kappa shape index (κ3) is 4.25. The van der Waals surface area contributed by atoms with E-state index in [1.165, 1.54) is 18.0 Å². The van der Waals surface area contributed by atoms with E-state index in [1.807, 2.05) is 4.90 Å². The monoisotopic (exact) mass is 496 g/mol. The maximum atomic E-state index is 13.3. The molecule has 5 rings (SSSR count). The summed E-state index contributed by atoms with van der Waals surface area (Å²) in [6.45, 7) is 1.95. The van der Waals surface area contributed by atoms with Crippen LogP contribution in [0.4, 0.5) is 33.6 Å². The molecule has 0 aliphatic carbocycles. The van der Waals surface area contributed by atoms with Gasteiger partial charge in [-0.1, -0.05) is 0 Å². The van der Waals surface area contributed by atoms with E-state index in [9.17, 15) is 26.7 Å². The van der Waals surface area contributed by atoms with Crippen molar-refractivity contribution in [3.8, 4) is 0 Å². The molecule has 3 aromatic rings. The minimum atomic E-state index is -4.64. The van der Waals surface area contributed by atoms with E-state index in [2.05, 4.69) is 25.0 Å². The van der Waals surface area contributed by atoms with Crippen molar-refractivity contribution < 1.29 is 26.7 Å². The molecular formula is C21H21F5N8O. The molecule has 0 N–H and O–H groups in total. The Balaban J connectivity index is 1.32. The van der Waals surface area contributed by atoms with Gasteiger partial charge in [-0.05, 0) is 26.2 Å². The maximum absolute atomic E-state index is 13.3. The number of halogens is 5. The van der Waals surface area contributed by atoms with Gasteiger partial charge in [-0.15, -0.1) is 0 Å². The lowest BCUT2D eigenvalue weighted by molar-refractivity contribution is -0.141. The zero-order chi connectivity index (χ0) is 25.0. The summed E-state index contributed by atoms with van der Waals surface area (Å²) < 4.78 is 66.3. The number of aryl methyl sites for hydroxylation is 1. The topological polar surface area (TPSA) is 92.9 Å². The molecule has 2 aliphatic heterocycles. The lowest BCUT2D eigenvalue weighted by Crippen LogP contribution is -2.45. The van der Waals surface area contributed by atoms with E-state index < -0.39 is 30.3 Å². The van der Waals surface area contributed by atoms with Gasteiger partial charge < -0.3 is 4.90 Å². The first-order valence-corrected chi connectivity index (χ1v) is 11.0. The largest absolute Gasteiger partial charge is 0.433 e. The van der Waals surface area contributed by atoms with Gasteiger partial charge in [-0.25, -0.2) is 33.4 Å². The smallest absolute Gasteiger partial charge is 0.355 e. The van der Waals surface area contributed by atoms with Crippen molar-refractivity contribution in [1.29, 1.82) is 0 Å². The molecule has 2 saturated heterocycles. The summed E-state index contributed by atoms with van der Waals surface area (Å²) >= 11 is 0. The van der Waals surface area contributed by atoms with Crippen LogP contribution in [0.5, 0.6) is 0 Å². The van der Waals surface area contributed by atoms with Crippen molar-refractivity contribution in [2.45, 2.75) is 45.3 Å². The van der Waals surface area contributed by atoms with Crippen LogP contribution in [0, 0.1) is 12.3 Å². The molecule has 1 spiro atoms. The van der Waals surface area contributed by atoms with Crippen LogP contribution in [0.25, 0.3) is 11.2 Å². The third-order valence-corrected chi connectivity index (χ3v) is 6.59. The number of piperidine rings is 1. The molecule has 0 radical (unpaired) electrons. The molecule has 0 aromatic carbocycles. The fraction of sp³-hybridized carbons (Fsp3) is 0.524. The number of aromatic nitrogens is 6. The van der Waals surface area contributed by atoms with Crippen molar-refractivity contribution >= 4 is 28.7 Å². The number of carbonyl (C=O) groups excluding carboxylic acids is 1. The van der Waals surface area contributed by atoms with Gasteiger partial charge in [0.2, 0.25) is 5.91 Å². The molecular weight excluding hydrogens is 475 g/mol. The lowest BCUT2D eigenvalue weighted by atomic mass is 9.77. The Morgan fingerprint density at radius 1 is 1.03 bits per heavy atom. The highest BCUT2D eigenvalue weighted by atomic mass is 19.4. The minimum absolute atomic E-state index is 0.0438. The second-order valence-electron chi connectivity index (χ2n) is 8.79. The Labute approximate surface area is 196 Å². The maximum Gasteiger partial charge on any atom is 0.433 e. The van der Waals surface area contributed by atoms with Crippen LogP contribution >= 0.6 is 0 Å². The molecule has 0 saturated carbocycles. The summed E-state index contributed by atoms with van der Waals surface area (Å²) in [4.78, 5) is 32.8. The lowest BCUT2D eigenvalue weighted by Gasteiger charge is -2.38. The molecule has 5 heterocycles. The van der Waals surface area contributed by atoms with Crippen LogP contribution < -0.4 is 9.80 Å². The summed E-state index contributed by atoms with van der Waals surface area (Å²) in [6.07, 6.45) is -2.87. The van der Waals surface area contributed by atoms with Gasteiger partial charge in [-0.2, -0.15) is 18.3 Å². The molecule has 0 atom stereocenters. The van der Waals surface area contributed by atoms with Crippen molar-refractivity contribution in [2.24, 2.45) is 5.41 Å². The molecule has 0 bridgehead atoms. The molecule has 186 valence electrons. The van der Waals surface area contributed by atoms with Crippen LogP contribution in [0.2, 0.25) is 0 Å². The molecule has 2 fully saturated rings. The molecule has 14 heteroatoms. The predicted molar refractivity (Wildman–Crippen MR) is 114 cm³/mol. The summed E-state index contributed by atoms with van der Waals surface area (Å²) in [5.74, 6) is 0.142. The SMILES string of the molecule is Cc1nc(N2CCC3(CCN(c4cnc5cnn(CC(F)F)c5n4)CC3)C2=O)cc(C(F)(F)F)n1. The predicted octanol–water partition coefficient (Wildman–Crippen LogP) is 3.23. The Morgan fingerprint density at radius 3 is 2.43 bits per heavy atom. The molecule has 1 amide bonds. The Morgan fingerprint density at radius 2 is 1.74 bits per heavy atom. The van der Waals surface area contributed by atoms with Crippen molar-refractivity contribution in [3.05, 3.63) is 30.0 Å².